The van der Waals surface area contributed by atoms with Crippen molar-refractivity contribution in [2.45, 2.75) is 116 Å². The van der Waals surface area contributed by atoms with Crippen LogP contribution in [-0.2, 0) is 33.3 Å². The number of aliphatic imine (C=N–C) groups is 2. The molecule has 1 fully saturated rings. The van der Waals surface area contributed by atoms with Gasteiger partial charge in [-0.3, -0.25) is 0 Å². The molecule has 1 unspecified atom stereocenters. The zero-order valence-corrected chi connectivity index (χ0v) is 34.0. The molecule has 7 rings (SSSR count). The number of allylic oxidation sites excluding steroid dienone is 3. The monoisotopic (exact) mass is 725 g/mol. The van der Waals surface area contributed by atoms with Crippen LogP contribution < -0.4 is 4.74 Å². The third-order valence-electron chi connectivity index (χ3n) is 12.4. The average Bonchev–Trinajstić information content (AvgIpc) is 3.53. The van der Waals surface area contributed by atoms with E-state index >= 15 is 0 Å². The number of hydrogen-bond donors (Lipinski definition) is 0. The number of nitrogens with zero attached hydrogens (tertiary/aromatic N) is 3. The summed E-state index contributed by atoms with van der Waals surface area (Å²) in [5.74, 6) is 1.95. The molecule has 6 heteroatoms. The third kappa shape index (κ3) is 7.64. The Kier molecular flexibility index (Phi) is 10.1. The van der Waals surface area contributed by atoms with Crippen molar-refractivity contribution in [3.8, 4) is 5.75 Å². The lowest BCUT2D eigenvalue weighted by Gasteiger charge is -2.57. The minimum atomic E-state index is -0.564. The zero-order valence-electron chi connectivity index (χ0n) is 34.0. The average molecular weight is 726 g/mol. The molecule has 0 saturated heterocycles. The summed E-state index contributed by atoms with van der Waals surface area (Å²) in [6.07, 6.45) is 14.1. The van der Waals surface area contributed by atoms with Crippen LogP contribution >= 0.6 is 0 Å². The number of aryl methyl sites for hydroxylation is 1. The molecule has 6 nitrogen and oxygen atoms in total. The van der Waals surface area contributed by atoms with Crippen LogP contribution in [0, 0.1) is 11.3 Å². The van der Waals surface area contributed by atoms with Crippen molar-refractivity contribution in [1.29, 1.82) is 0 Å². The molecule has 4 atom stereocenters. The predicted molar refractivity (Wildman–Crippen MR) is 221 cm³/mol. The minimum Gasteiger partial charge on any atom is -0.482 e. The molecule has 0 spiro atoms. The number of rotatable bonds is 10. The molecule has 0 amide bonds. The first kappa shape index (κ1) is 38.0. The lowest BCUT2D eigenvalue weighted by molar-refractivity contribution is -0.157. The highest BCUT2D eigenvalue weighted by atomic mass is 16.6. The Balaban J connectivity index is 1.22. The van der Waals surface area contributed by atoms with E-state index in [-0.39, 0.29) is 22.9 Å². The van der Waals surface area contributed by atoms with Crippen LogP contribution in [0.2, 0.25) is 0 Å². The Labute approximate surface area is 323 Å². The second kappa shape index (κ2) is 14.4. The van der Waals surface area contributed by atoms with E-state index in [9.17, 15) is 4.79 Å². The molecule has 0 bridgehead atoms. The number of benzene rings is 3. The molecule has 1 saturated carbocycles. The Morgan fingerprint density at radius 2 is 1.76 bits per heavy atom. The number of amidine groups is 1. The summed E-state index contributed by atoms with van der Waals surface area (Å²) in [7, 11) is 4.24. The summed E-state index contributed by atoms with van der Waals surface area (Å²) in [5.41, 5.74) is 9.26. The quantitative estimate of drug-likeness (QED) is 0.195. The fraction of sp³-hybridized carbons (Fsp3) is 0.479. The molecule has 54 heavy (non-hydrogen) atoms. The third-order valence-corrected chi connectivity index (χ3v) is 12.4. The maximum atomic E-state index is 12.3. The lowest BCUT2D eigenvalue weighted by Crippen LogP contribution is -2.51. The molecule has 284 valence electrons. The molecule has 0 radical (unpaired) electrons. The van der Waals surface area contributed by atoms with Gasteiger partial charge in [0.25, 0.3) is 0 Å². The van der Waals surface area contributed by atoms with Crippen LogP contribution in [0.1, 0.15) is 120 Å². The van der Waals surface area contributed by atoms with Crippen LogP contribution in [0.4, 0.5) is 0 Å². The first-order valence-electron chi connectivity index (χ1n) is 20.0. The van der Waals surface area contributed by atoms with Gasteiger partial charge in [0.05, 0.1) is 11.4 Å². The van der Waals surface area contributed by atoms with Gasteiger partial charge in [-0.05, 0) is 142 Å². The normalized spacial score (nSPS) is 26.1. The minimum absolute atomic E-state index is 0.116. The molecule has 4 aliphatic rings. The zero-order chi connectivity index (χ0) is 38.5. The standard InChI is InChI=1S/C48H59N3O3/c1-32(2)34-16-20-39-35(26-34)17-21-42-46(6,23-11-24-47(39,42)7)31-48(37-18-14-33(15-19-37)29-51(8)9)25-22-40-41(28-48)50-44(49-40)36-12-10-13-38(27-36)53-30-43(52)54-45(3,4)5/h10,12-16,18-20,22,25-28,32,42H,11,17,21,23-24,29-31H2,1-9H3/t42-,46+,47+,48?/m0/s1. The van der Waals surface area contributed by atoms with Gasteiger partial charge in [-0.15, -0.1) is 0 Å². The number of ether oxygens (including phenoxy) is 2. The van der Waals surface area contributed by atoms with Gasteiger partial charge < -0.3 is 14.4 Å². The molecule has 3 aromatic rings. The van der Waals surface area contributed by atoms with Crippen molar-refractivity contribution in [2.75, 3.05) is 20.7 Å². The van der Waals surface area contributed by atoms with E-state index in [1.807, 2.05) is 45.0 Å². The number of fused-ring (bicyclic) bond motifs is 4. The van der Waals surface area contributed by atoms with Crippen LogP contribution in [-0.4, -0.2) is 48.7 Å². The first-order valence-corrected chi connectivity index (χ1v) is 20.0. The number of carbonyl (C=O) groups excluding carboxylic acids is 1. The Morgan fingerprint density at radius 1 is 0.981 bits per heavy atom. The fourth-order valence-electron chi connectivity index (χ4n) is 10.0. The van der Waals surface area contributed by atoms with Crippen molar-refractivity contribution in [2.24, 2.45) is 21.3 Å². The smallest absolute Gasteiger partial charge is 0.344 e. The second-order valence-corrected chi connectivity index (χ2v) is 18.4. The molecular formula is C48H59N3O3. The predicted octanol–water partition coefficient (Wildman–Crippen LogP) is 10.3. The summed E-state index contributed by atoms with van der Waals surface area (Å²) in [5, 5.41) is 0. The van der Waals surface area contributed by atoms with Crippen molar-refractivity contribution in [1.82, 2.24) is 4.90 Å². The topological polar surface area (TPSA) is 63.5 Å². The van der Waals surface area contributed by atoms with Crippen molar-refractivity contribution in [3.63, 3.8) is 0 Å². The van der Waals surface area contributed by atoms with Gasteiger partial charge in [-0.25, -0.2) is 14.8 Å². The van der Waals surface area contributed by atoms with Crippen molar-refractivity contribution in [3.05, 3.63) is 124 Å². The van der Waals surface area contributed by atoms with Gasteiger partial charge in [0.15, 0.2) is 12.4 Å². The Morgan fingerprint density at radius 3 is 2.48 bits per heavy atom. The largest absolute Gasteiger partial charge is 0.482 e. The van der Waals surface area contributed by atoms with E-state index in [0.29, 0.717) is 23.4 Å². The molecule has 0 aromatic heterocycles. The first-order chi connectivity index (χ1) is 25.6. The van der Waals surface area contributed by atoms with Crippen LogP contribution in [0.5, 0.6) is 5.75 Å². The van der Waals surface area contributed by atoms with Gasteiger partial charge in [0, 0.05) is 17.5 Å². The van der Waals surface area contributed by atoms with E-state index in [2.05, 4.69) is 107 Å². The van der Waals surface area contributed by atoms with Crippen molar-refractivity contribution >= 4 is 17.5 Å². The number of hydrogen-bond acceptors (Lipinski definition) is 6. The molecule has 3 aliphatic carbocycles. The van der Waals surface area contributed by atoms with Gasteiger partial charge in [-0.2, -0.15) is 0 Å². The van der Waals surface area contributed by atoms with E-state index in [4.69, 9.17) is 19.5 Å². The molecule has 3 aromatic carbocycles. The fourth-order valence-corrected chi connectivity index (χ4v) is 10.0. The SMILES string of the molecule is CC(C)c1ccc2c(c1)CC[C@H]1[C@@](C)(CC3(c4ccc(CN(C)C)cc4)C=CC4=NC(c5cccc(OCC(=O)OC(C)(C)C)c5)=NC4=C3)CCC[C@]21C. The van der Waals surface area contributed by atoms with E-state index in [0.717, 1.165) is 36.4 Å². The molecule has 1 heterocycles. The Hall–Kier alpha value is -4.29. The van der Waals surface area contributed by atoms with Gasteiger partial charge in [0.1, 0.15) is 11.4 Å². The van der Waals surface area contributed by atoms with Gasteiger partial charge >= 0.3 is 5.97 Å². The highest BCUT2D eigenvalue weighted by Gasteiger charge is 2.54. The summed E-state index contributed by atoms with van der Waals surface area (Å²) in [6, 6.07) is 24.4. The highest BCUT2D eigenvalue weighted by Crippen LogP contribution is 2.61. The highest BCUT2D eigenvalue weighted by molar-refractivity contribution is 6.22. The number of esters is 1. The molecule has 0 N–H and O–H groups in total. The summed E-state index contributed by atoms with van der Waals surface area (Å²) in [6.45, 7) is 16.1. The summed E-state index contributed by atoms with van der Waals surface area (Å²) in [4.78, 5) is 24.7. The lowest BCUT2D eigenvalue weighted by atomic mass is 9.47. The van der Waals surface area contributed by atoms with Crippen LogP contribution in [0.15, 0.2) is 101 Å². The Bertz CT molecular complexity index is 2030. The van der Waals surface area contributed by atoms with Gasteiger partial charge in [-0.1, -0.05) is 94.8 Å². The van der Waals surface area contributed by atoms with E-state index in [1.165, 1.54) is 42.4 Å². The second-order valence-electron chi connectivity index (χ2n) is 18.4. The van der Waals surface area contributed by atoms with Gasteiger partial charge in [0.2, 0.25) is 0 Å². The number of carbonyl (C=O) groups is 1. The molecule has 1 aliphatic heterocycles. The maximum Gasteiger partial charge on any atom is 0.344 e. The van der Waals surface area contributed by atoms with Crippen molar-refractivity contribution < 1.29 is 14.3 Å². The van der Waals surface area contributed by atoms with E-state index < -0.39 is 11.6 Å². The van der Waals surface area contributed by atoms with Crippen LogP contribution in [0.25, 0.3) is 0 Å². The summed E-state index contributed by atoms with van der Waals surface area (Å²) >= 11 is 0. The summed E-state index contributed by atoms with van der Waals surface area (Å²) < 4.78 is 11.3. The van der Waals surface area contributed by atoms with E-state index in [1.54, 1.807) is 11.1 Å². The van der Waals surface area contributed by atoms with Crippen LogP contribution in [0.3, 0.4) is 0 Å². The maximum absolute atomic E-state index is 12.3. The molecular weight excluding hydrogens is 667 g/mol.